The quantitative estimate of drug-likeness (QED) is 0.814. The first-order valence-electron chi connectivity index (χ1n) is 6.06. The molecule has 1 atom stereocenters. The van der Waals surface area contributed by atoms with E-state index in [0.29, 0.717) is 6.54 Å². The highest BCUT2D eigenvalue weighted by Gasteiger charge is 2.22. The van der Waals surface area contributed by atoms with Gasteiger partial charge in [-0.05, 0) is 53.2 Å². The van der Waals surface area contributed by atoms with Crippen LogP contribution in [-0.4, -0.2) is 6.54 Å². The molecule has 1 aromatic carbocycles. The summed E-state index contributed by atoms with van der Waals surface area (Å²) in [4.78, 5) is 0.893. The minimum absolute atomic E-state index is 0.0882. The lowest BCUT2D eigenvalue weighted by Gasteiger charge is -2.19. The van der Waals surface area contributed by atoms with Crippen molar-refractivity contribution in [3.8, 4) is 0 Å². The lowest BCUT2D eigenvalue weighted by atomic mass is 10.0. The molecule has 0 bridgehead atoms. The van der Waals surface area contributed by atoms with E-state index in [1.54, 1.807) is 0 Å². The smallest absolute Gasteiger partial charge is 0.131 e. The van der Waals surface area contributed by atoms with Gasteiger partial charge in [-0.25, -0.2) is 8.78 Å². The second kappa shape index (κ2) is 6.59. The second-order valence-corrected chi connectivity index (χ2v) is 6.66. The van der Waals surface area contributed by atoms with E-state index < -0.39 is 17.7 Å². The minimum Gasteiger partial charge on any atom is -0.305 e. The van der Waals surface area contributed by atoms with Crippen LogP contribution in [0.25, 0.3) is 0 Å². The van der Waals surface area contributed by atoms with Gasteiger partial charge in [0.25, 0.3) is 0 Å². The molecule has 1 unspecified atom stereocenters. The Labute approximate surface area is 123 Å². The molecule has 5 heteroatoms. The van der Waals surface area contributed by atoms with E-state index in [9.17, 15) is 8.78 Å². The van der Waals surface area contributed by atoms with Gasteiger partial charge in [0, 0.05) is 10.4 Å². The van der Waals surface area contributed by atoms with Crippen LogP contribution >= 0.6 is 27.3 Å². The normalized spacial score (nSPS) is 12.6. The summed E-state index contributed by atoms with van der Waals surface area (Å²) in [7, 11) is 0. The molecule has 0 aliphatic heterocycles. The molecule has 102 valence electrons. The fraction of sp³-hybridized carbons (Fsp3) is 0.286. The van der Waals surface area contributed by atoms with Crippen LogP contribution in [-0.2, 0) is 0 Å². The maximum atomic E-state index is 13.9. The van der Waals surface area contributed by atoms with Crippen LogP contribution in [0.3, 0.4) is 0 Å². The van der Waals surface area contributed by atoms with Crippen molar-refractivity contribution in [1.29, 1.82) is 0 Å². The molecule has 2 aromatic rings. The number of benzene rings is 1. The first-order valence-corrected chi connectivity index (χ1v) is 7.67. The monoisotopic (exact) mass is 345 g/mol. The third kappa shape index (κ3) is 3.41. The zero-order valence-electron chi connectivity index (χ0n) is 10.4. The lowest BCUT2D eigenvalue weighted by Crippen LogP contribution is -2.24. The first kappa shape index (κ1) is 14.6. The van der Waals surface area contributed by atoms with Gasteiger partial charge in [-0.3, -0.25) is 0 Å². The standard InChI is InChI=1S/C14H14BrF2NS/c1-2-8-18-14(11-6-7-12(15)19-11)13-9(16)4-3-5-10(13)17/h3-7,14,18H,2,8H2,1H3. The fourth-order valence-electron chi connectivity index (χ4n) is 1.90. The van der Waals surface area contributed by atoms with E-state index in [1.165, 1.54) is 29.5 Å². The van der Waals surface area contributed by atoms with Gasteiger partial charge in [0.1, 0.15) is 11.6 Å². The van der Waals surface area contributed by atoms with Crippen LogP contribution in [0.15, 0.2) is 34.1 Å². The Kier molecular flexibility index (Phi) is 5.07. The van der Waals surface area contributed by atoms with Crippen LogP contribution < -0.4 is 5.32 Å². The van der Waals surface area contributed by atoms with Gasteiger partial charge in [-0.2, -0.15) is 0 Å². The number of nitrogens with one attached hydrogen (secondary N) is 1. The first-order chi connectivity index (χ1) is 9.13. The van der Waals surface area contributed by atoms with Gasteiger partial charge in [0.15, 0.2) is 0 Å². The summed E-state index contributed by atoms with van der Waals surface area (Å²) in [6.07, 6.45) is 0.902. The Hall–Kier alpha value is -0.780. The highest BCUT2D eigenvalue weighted by Crippen LogP contribution is 2.33. The summed E-state index contributed by atoms with van der Waals surface area (Å²) >= 11 is 4.86. The van der Waals surface area contributed by atoms with Crippen LogP contribution in [0.1, 0.15) is 29.8 Å². The Morgan fingerprint density at radius 3 is 2.42 bits per heavy atom. The van der Waals surface area contributed by atoms with Crippen molar-refractivity contribution < 1.29 is 8.78 Å². The van der Waals surface area contributed by atoms with Gasteiger partial charge in [-0.15, -0.1) is 11.3 Å². The van der Waals surface area contributed by atoms with Gasteiger partial charge >= 0.3 is 0 Å². The molecule has 0 saturated heterocycles. The van der Waals surface area contributed by atoms with Crippen molar-refractivity contribution in [2.75, 3.05) is 6.54 Å². The van der Waals surface area contributed by atoms with E-state index in [-0.39, 0.29) is 5.56 Å². The fourth-order valence-corrected chi connectivity index (χ4v) is 3.41. The molecule has 1 aromatic heterocycles. The molecule has 1 heterocycles. The topological polar surface area (TPSA) is 12.0 Å². The number of hydrogen-bond donors (Lipinski definition) is 1. The molecule has 0 aliphatic rings. The molecule has 1 N–H and O–H groups in total. The maximum absolute atomic E-state index is 13.9. The average molecular weight is 346 g/mol. The summed E-state index contributed by atoms with van der Waals surface area (Å²) in [6, 6.07) is 7.30. The Balaban J connectivity index is 2.42. The van der Waals surface area contributed by atoms with Crippen molar-refractivity contribution in [3.05, 3.63) is 56.2 Å². The van der Waals surface area contributed by atoms with E-state index in [0.717, 1.165) is 15.1 Å². The number of halogens is 3. The molecule has 2 rings (SSSR count). The predicted molar refractivity (Wildman–Crippen MR) is 78.5 cm³/mol. The van der Waals surface area contributed by atoms with Crippen molar-refractivity contribution in [2.24, 2.45) is 0 Å². The van der Waals surface area contributed by atoms with Crippen LogP contribution in [0, 0.1) is 11.6 Å². The maximum Gasteiger partial charge on any atom is 0.131 e. The molecule has 0 aliphatic carbocycles. The Bertz CT molecular complexity index is 536. The van der Waals surface area contributed by atoms with Crippen molar-refractivity contribution >= 4 is 27.3 Å². The van der Waals surface area contributed by atoms with Crippen molar-refractivity contribution in [1.82, 2.24) is 5.32 Å². The highest BCUT2D eigenvalue weighted by molar-refractivity contribution is 9.11. The van der Waals surface area contributed by atoms with Crippen molar-refractivity contribution in [2.45, 2.75) is 19.4 Å². The predicted octanol–water partition coefficient (Wildman–Crippen LogP) is 4.88. The third-order valence-corrected chi connectivity index (χ3v) is 4.45. The van der Waals surface area contributed by atoms with Gasteiger partial charge in [0.05, 0.1) is 9.83 Å². The lowest BCUT2D eigenvalue weighted by molar-refractivity contribution is 0.506. The van der Waals surface area contributed by atoms with Gasteiger partial charge in [0.2, 0.25) is 0 Å². The molecular weight excluding hydrogens is 332 g/mol. The Morgan fingerprint density at radius 1 is 1.21 bits per heavy atom. The summed E-state index contributed by atoms with van der Waals surface area (Å²) < 4.78 is 28.8. The molecule has 0 spiro atoms. The van der Waals surface area contributed by atoms with E-state index in [1.807, 2.05) is 19.1 Å². The summed E-state index contributed by atoms with van der Waals surface area (Å²) in [5, 5.41) is 3.21. The largest absolute Gasteiger partial charge is 0.305 e. The SMILES string of the molecule is CCCNC(c1ccc(Br)s1)c1c(F)cccc1F. The molecule has 0 amide bonds. The van der Waals surface area contributed by atoms with Gasteiger partial charge in [-0.1, -0.05) is 13.0 Å². The summed E-state index contributed by atoms with van der Waals surface area (Å²) in [5.74, 6) is -1.03. The molecule has 0 radical (unpaired) electrons. The molecule has 0 saturated carbocycles. The van der Waals surface area contributed by atoms with E-state index >= 15 is 0 Å². The summed E-state index contributed by atoms with van der Waals surface area (Å²) in [5.41, 5.74) is 0.0882. The van der Waals surface area contributed by atoms with Crippen LogP contribution in [0.5, 0.6) is 0 Å². The average Bonchev–Trinajstić information content (AvgIpc) is 2.79. The minimum atomic E-state index is -0.516. The highest BCUT2D eigenvalue weighted by atomic mass is 79.9. The van der Waals surface area contributed by atoms with Crippen molar-refractivity contribution in [3.63, 3.8) is 0 Å². The number of thiophene rings is 1. The zero-order valence-corrected chi connectivity index (χ0v) is 12.8. The molecular formula is C14H14BrF2NS. The van der Waals surface area contributed by atoms with Gasteiger partial charge < -0.3 is 5.32 Å². The van der Waals surface area contributed by atoms with Crippen LogP contribution in [0.2, 0.25) is 0 Å². The summed E-state index contributed by atoms with van der Waals surface area (Å²) in [6.45, 7) is 2.72. The zero-order chi connectivity index (χ0) is 13.8. The number of rotatable bonds is 5. The third-order valence-electron chi connectivity index (χ3n) is 2.77. The molecule has 0 fully saturated rings. The Morgan fingerprint density at radius 2 is 1.89 bits per heavy atom. The van der Waals surface area contributed by atoms with E-state index in [4.69, 9.17) is 0 Å². The number of hydrogen-bond acceptors (Lipinski definition) is 2. The molecule has 1 nitrogen and oxygen atoms in total. The molecule has 19 heavy (non-hydrogen) atoms. The van der Waals surface area contributed by atoms with Crippen LogP contribution in [0.4, 0.5) is 8.78 Å². The van der Waals surface area contributed by atoms with E-state index in [2.05, 4.69) is 21.2 Å². The second-order valence-electron chi connectivity index (χ2n) is 4.16.